The largest absolute Gasteiger partial charge is 0.507 e. The number of Topliss-reactive ketones (excluding diaryl/α,β-unsaturated/α-hetero) is 4. The predicted molar refractivity (Wildman–Crippen MR) is 150 cm³/mol. The van der Waals surface area contributed by atoms with E-state index in [9.17, 15) is 34.2 Å². The third-order valence-corrected chi connectivity index (χ3v) is 8.94. The highest BCUT2D eigenvalue weighted by Crippen LogP contribution is 2.52. The van der Waals surface area contributed by atoms with Crippen LogP contribution in [0.15, 0.2) is 29.1 Å². The molecule has 0 spiro atoms. The van der Waals surface area contributed by atoms with Gasteiger partial charge in [0.15, 0.2) is 34.7 Å². The summed E-state index contributed by atoms with van der Waals surface area (Å²) in [5, 5.41) is 26.5. The van der Waals surface area contributed by atoms with Gasteiger partial charge in [-0.1, -0.05) is 20.8 Å². The molecule has 1 heterocycles. The lowest BCUT2D eigenvalue weighted by Gasteiger charge is -2.52. The summed E-state index contributed by atoms with van der Waals surface area (Å²) in [5.41, 5.74) is 4.89. The van der Waals surface area contributed by atoms with Crippen LogP contribution in [-0.4, -0.2) is 76.4 Å². The zero-order valence-electron chi connectivity index (χ0n) is 24.4. The van der Waals surface area contributed by atoms with Gasteiger partial charge in [0.05, 0.1) is 30.0 Å². The monoisotopic (exact) mass is 579 g/mol. The fourth-order valence-corrected chi connectivity index (χ4v) is 7.11. The van der Waals surface area contributed by atoms with Crippen molar-refractivity contribution in [1.82, 2.24) is 10.2 Å². The lowest BCUT2D eigenvalue weighted by molar-refractivity contribution is -0.181. The Morgan fingerprint density at radius 3 is 2.45 bits per heavy atom. The number of fused-ring (bicyclic) bond motifs is 3. The summed E-state index contributed by atoms with van der Waals surface area (Å²) < 4.78 is 5.32. The van der Waals surface area contributed by atoms with Crippen LogP contribution < -0.4 is 11.1 Å². The van der Waals surface area contributed by atoms with Gasteiger partial charge in [-0.25, -0.2) is 0 Å². The van der Waals surface area contributed by atoms with E-state index in [0.29, 0.717) is 28.8 Å². The number of hydrogen-bond donors (Lipinski definition) is 4. The Morgan fingerprint density at radius 1 is 1.19 bits per heavy atom. The molecule has 5 rings (SSSR count). The van der Waals surface area contributed by atoms with Crippen LogP contribution in [0.2, 0.25) is 0 Å². The lowest BCUT2D eigenvalue weighted by Crippen LogP contribution is -2.74. The van der Waals surface area contributed by atoms with Crippen molar-refractivity contribution in [1.29, 1.82) is 0 Å². The number of amides is 1. The van der Waals surface area contributed by atoms with Crippen molar-refractivity contribution in [3.63, 3.8) is 0 Å². The second-order valence-electron chi connectivity index (χ2n) is 13.3. The fourth-order valence-electron chi connectivity index (χ4n) is 7.11. The number of nitrogens with zero attached hydrogens (tertiary/aromatic N) is 1. The summed E-state index contributed by atoms with van der Waals surface area (Å²) in [4.78, 5) is 68.7. The summed E-state index contributed by atoms with van der Waals surface area (Å²) >= 11 is 0. The van der Waals surface area contributed by atoms with Crippen molar-refractivity contribution < 1.29 is 38.6 Å². The molecule has 1 amide bonds. The number of benzene rings is 1. The van der Waals surface area contributed by atoms with Gasteiger partial charge in [0, 0.05) is 30.1 Å². The van der Waals surface area contributed by atoms with Crippen molar-refractivity contribution in [3.05, 3.63) is 41.3 Å². The molecule has 2 fully saturated rings. The number of phenolic OH excluding ortho intramolecular Hbond substituents is 1. The molecule has 224 valence electrons. The van der Waals surface area contributed by atoms with Crippen LogP contribution in [0.3, 0.4) is 0 Å². The van der Waals surface area contributed by atoms with E-state index in [1.165, 1.54) is 17.4 Å². The Bertz CT molecular complexity index is 1490. The van der Waals surface area contributed by atoms with E-state index in [1.807, 2.05) is 0 Å². The first-order chi connectivity index (χ1) is 19.6. The van der Waals surface area contributed by atoms with E-state index in [2.05, 4.69) is 26.1 Å². The van der Waals surface area contributed by atoms with Gasteiger partial charge >= 0.3 is 0 Å². The van der Waals surface area contributed by atoms with Crippen LogP contribution in [0, 0.1) is 29.1 Å². The Balaban J connectivity index is 1.63. The van der Waals surface area contributed by atoms with E-state index < -0.39 is 64.4 Å². The molecule has 6 atom stereocenters. The molecule has 0 bridgehead atoms. The maximum Gasteiger partial charge on any atom is 0.235 e. The first-order valence-corrected chi connectivity index (χ1v) is 14.0. The minimum Gasteiger partial charge on any atom is -0.507 e. The smallest absolute Gasteiger partial charge is 0.235 e. The Kier molecular flexibility index (Phi) is 7.28. The number of nitrogens with two attached hydrogens (primary N) is 1. The third-order valence-electron chi connectivity index (χ3n) is 8.94. The summed E-state index contributed by atoms with van der Waals surface area (Å²) in [6.45, 7) is 7.05. The van der Waals surface area contributed by atoms with Crippen molar-refractivity contribution in [3.8, 4) is 16.9 Å². The van der Waals surface area contributed by atoms with Crippen LogP contribution in [-0.2, 0) is 32.1 Å². The normalized spacial score (nSPS) is 29.4. The summed E-state index contributed by atoms with van der Waals surface area (Å²) in [6, 6.07) is 2.40. The minimum absolute atomic E-state index is 0.00955. The molecule has 0 radical (unpaired) electrons. The Labute approximate surface area is 243 Å². The van der Waals surface area contributed by atoms with Crippen molar-refractivity contribution in [2.75, 3.05) is 20.6 Å². The molecule has 11 nitrogen and oxygen atoms in total. The van der Waals surface area contributed by atoms with Gasteiger partial charge in [0.25, 0.3) is 0 Å². The summed E-state index contributed by atoms with van der Waals surface area (Å²) in [6.07, 6.45) is 3.20. The average molecular weight is 580 g/mol. The minimum atomic E-state index is -2.76. The van der Waals surface area contributed by atoms with E-state index in [1.54, 1.807) is 26.2 Å². The molecule has 5 N–H and O–H groups in total. The fraction of sp³-hybridized carbons (Fsp3) is 0.516. The number of likely N-dealkylation sites (N-methyl/N-ethyl adjacent to an activating group) is 1. The highest BCUT2D eigenvalue weighted by Gasteiger charge is 2.69. The van der Waals surface area contributed by atoms with Crippen LogP contribution in [0.25, 0.3) is 11.1 Å². The van der Waals surface area contributed by atoms with Gasteiger partial charge in [0.2, 0.25) is 5.91 Å². The molecule has 42 heavy (non-hydrogen) atoms. The van der Waals surface area contributed by atoms with E-state index in [-0.39, 0.29) is 36.1 Å². The number of phenols is 1. The number of rotatable bonds is 6. The molecule has 0 saturated heterocycles. The van der Waals surface area contributed by atoms with Crippen LogP contribution in [0.5, 0.6) is 5.75 Å². The van der Waals surface area contributed by atoms with Crippen LogP contribution >= 0.6 is 0 Å². The molecule has 11 heteroatoms. The molecule has 2 unspecified atom stereocenters. The van der Waals surface area contributed by atoms with Crippen LogP contribution in [0.4, 0.5) is 0 Å². The Morgan fingerprint density at radius 2 is 1.88 bits per heavy atom. The number of carbonyl (C=O) groups is 5. The Hall–Kier alpha value is -3.67. The van der Waals surface area contributed by atoms with Gasteiger partial charge in [-0.3, -0.25) is 28.9 Å². The standard InChI is InChI=1S/C31H37N3O8/c1-30(2,3)13-33-11-16-9-17(14-6-7-42-12-14)18-8-15-10-19-23(34(4)5)26(37)22(29(32)40)28(39)31(19,41)27(38)20(15)25(36)21(18)24(16)35/h6-7,9,12,15,19-20,22-23,33,35,41H,8,10-11,13H2,1-5H3,(H2,32,40)/t15-,19-,20?,22?,23-,31-/m0/s1. The maximum absolute atomic E-state index is 14.2. The summed E-state index contributed by atoms with van der Waals surface area (Å²) in [7, 11) is 3.11. The quantitative estimate of drug-likeness (QED) is 0.364. The molecule has 2 aromatic rings. The zero-order chi connectivity index (χ0) is 30.9. The second kappa shape index (κ2) is 10.3. The second-order valence-corrected chi connectivity index (χ2v) is 13.3. The first kappa shape index (κ1) is 29.8. The number of carbonyl (C=O) groups excluding carboxylic acids is 5. The predicted octanol–water partition coefficient (Wildman–Crippen LogP) is 1.26. The van der Waals surface area contributed by atoms with E-state index in [4.69, 9.17) is 10.2 Å². The molecule has 3 aliphatic carbocycles. The topological polar surface area (TPSA) is 180 Å². The molecule has 1 aromatic carbocycles. The number of hydrogen-bond acceptors (Lipinski definition) is 10. The lowest BCUT2D eigenvalue weighted by atomic mass is 9.52. The number of primary amides is 1. The highest BCUT2D eigenvalue weighted by molar-refractivity contribution is 6.32. The average Bonchev–Trinajstić information content (AvgIpc) is 3.41. The van der Waals surface area contributed by atoms with Crippen molar-refractivity contribution in [2.24, 2.45) is 34.8 Å². The number of aromatic hydroxyl groups is 1. The van der Waals surface area contributed by atoms with Gasteiger partial charge < -0.3 is 25.7 Å². The molecular weight excluding hydrogens is 542 g/mol. The van der Waals surface area contributed by atoms with E-state index in [0.717, 1.165) is 0 Å². The maximum atomic E-state index is 14.2. The van der Waals surface area contributed by atoms with E-state index >= 15 is 0 Å². The van der Waals surface area contributed by atoms with Crippen LogP contribution in [0.1, 0.15) is 48.7 Å². The van der Waals surface area contributed by atoms with Gasteiger partial charge in [-0.15, -0.1) is 0 Å². The SMILES string of the molecule is CN(C)[C@@H]1C(=O)C(C(N)=O)C(=O)[C@@]2(O)C(=O)C3C(=O)c4c(O)c(CNCC(C)(C)C)cc(-c5ccoc5)c4C[C@H]3C[C@@H]12. The molecule has 3 aliphatic rings. The van der Waals surface area contributed by atoms with Gasteiger partial charge in [0.1, 0.15) is 5.75 Å². The number of aliphatic hydroxyl groups is 1. The molecule has 0 aliphatic heterocycles. The van der Waals surface area contributed by atoms with Gasteiger partial charge in [-0.05, 0) is 61.5 Å². The molecular formula is C31H37N3O8. The third kappa shape index (κ3) is 4.50. The number of nitrogens with one attached hydrogen (secondary N) is 1. The van der Waals surface area contributed by atoms with Crippen molar-refractivity contribution >= 4 is 29.0 Å². The zero-order valence-corrected chi connectivity index (χ0v) is 24.4. The van der Waals surface area contributed by atoms with Gasteiger partial charge in [-0.2, -0.15) is 0 Å². The molecule has 2 saturated carbocycles. The number of furan rings is 1. The molecule has 1 aromatic heterocycles. The first-order valence-electron chi connectivity index (χ1n) is 14.0. The highest BCUT2D eigenvalue weighted by atomic mass is 16.3. The number of ketones is 4. The summed E-state index contributed by atoms with van der Waals surface area (Å²) in [5.74, 6) is -10.7. The van der Waals surface area contributed by atoms with Crippen molar-refractivity contribution in [2.45, 2.75) is 51.8 Å².